The summed E-state index contributed by atoms with van der Waals surface area (Å²) in [6, 6.07) is -0.588. The highest BCUT2D eigenvalue weighted by molar-refractivity contribution is 7.77. The monoisotopic (exact) mass is 507 g/mol. The first-order chi connectivity index (χ1) is 16.9. The third kappa shape index (κ3) is 5.95. The highest BCUT2D eigenvalue weighted by atomic mass is 32.2. The number of methoxy groups -OCH3 is 2. The molecular weight excluding hydrogens is 472 g/mol. The molecule has 1 saturated carbocycles. The molecule has 194 valence electrons. The fraction of sp³-hybridized carbons (Fsp3) is 0.739. The predicted octanol–water partition coefficient (Wildman–Crippen LogP) is 2.08. The van der Waals surface area contributed by atoms with Gasteiger partial charge in [-0.1, -0.05) is 0 Å². The van der Waals surface area contributed by atoms with Crippen LogP contribution in [0.25, 0.3) is 0 Å². The second kappa shape index (κ2) is 11.9. The van der Waals surface area contributed by atoms with Gasteiger partial charge in [0.2, 0.25) is 0 Å². The number of hydrogen-bond donors (Lipinski definition) is 1. The SMILES string of the molecule is CO[C@H]1CCC[C@@H](OC)C1n1c(C[C@@H](c2ncc(C)cn2)[C@@H](C)NS(=O)[O-])nnc1[C@H]1CCCO1. The van der Waals surface area contributed by atoms with Gasteiger partial charge < -0.3 is 23.3 Å². The minimum atomic E-state index is -2.43. The first kappa shape index (κ1) is 26.2. The van der Waals surface area contributed by atoms with Crippen molar-refractivity contribution in [1.82, 2.24) is 29.5 Å². The molecule has 1 saturated heterocycles. The van der Waals surface area contributed by atoms with Crippen LogP contribution in [0.2, 0.25) is 0 Å². The molecule has 4 rings (SSSR count). The molecule has 1 aliphatic heterocycles. The van der Waals surface area contributed by atoms with Gasteiger partial charge in [-0.25, -0.2) is 14.7 Å². The van der Waals surface area contributed by atoms with Gasteiger partial charge in [-0.05, 0) is 51.5 Å². The van der Waals surface area contributed by atoms with Crippen molar-refractivity contribution in [3.63, 3.8) is 0 Å². The Labute approximate surface area is 208 Å². The zero-order valence-corrected chi connectivity index (χ0v) is 21.6. The van der Waals surface area contributed by atoms with Gasteiger partial charge in [0.25, 0.3) is 0 Å². The zero-order valence-electron chi connectivity index (χ0n) is 20.8. The molecular formula is C23H35N6O5S-. The summed E-state index contributed by atoms with van der Waals surface area (Å²) in [5, 5.41) is 9.19. The van der Waals surface area contributed by atoms with Gasteiger partial charge in [-0.2, -0.15) is 0 Å². The van der Waals surface area contributed by atoms with E-state index in [-0.39, 0.29) is 30.3 Å². The Hall–Kier alpha value is -1.83. The van der Waals surface area contributed by atoms with E-state index >= 15 is 0 Å². The lowest BCUT2D eigenvalue weighted by Crippen LogP contribution is -2.42. The standard InChI is InChI=1S/C23H36N6O5S/c1-14-12-24-22(25-13-14)16(15(2)28-35(30)31)11-20-26-27-23(19-9-6-10-34-19)29(20)21-17(32-3)7-5-8-18(21)33-4/h12-13,15-19,21,28H,5-11H2,1-4H3,(H,30,31)/p-1/t15-,16-,17-,18+,19-,21?/m1/s1. The molecule has 0 radical (unpaired) electrons. The minimum Gasteiger partial charge on any atom is -0.760 e. The largest absolute Gasteiger partial charge is 0.760 e. The number of aryl methyl sites for hydroxylation is 1. The topological polar surface area (TPSA) is 136 Å². The average Bonchev–Trinajstić information content (AvgIpc) is 3.52. The lowest BCUT2D eigenvalue weighted by molar-refractivity contribution is -0.0598. The van der Waals surface area contributed by atoms with Crippen LogP contribution in [0.3, 0.4) is 0 Å². The lowest BCUT2D eigenvalue weighted by Gasteiger charge is -2.39. The molecule has 11 nitrogen and oxygen atoms in total. The number of rotatable bonds is 10. The van der Waals surface area contributed by atoms with Gasteiger partial charge in [0.1, 0.15) is 17.8 Å². The lowest BCUT2D eigenvalue weighted by atomic mass is 9.88. The van der Waals surface area contributed by atoms with Crippen LogP contribution in [0.15, 0.2) is 12.4 Å². The summed E-state index contributed by atoms with van der Waals surface area (Å²) in [5.74, 6) is 1.67. The van der Waals surface area contributed by atoms with Crippen LogP contribution in [0.1, 0.15) is 80.1 Å². The summed E-state index contributed by atoms with van der Waals surface area (Å²) in [4.78, 5) is 9.02. The molecule has 3 heterocycles. The normalized spacial score (nSPS) is 27.6. The van der Waals surface area contributed by atoms with E-state index in [1.54, 1.807) is 26.6 Å². The Bertz CT molecular complexity index is 971. The van der Waals surface area contributed by atoms with Crippen LogP contribution in [-0.2, 0) is 31.9 Å². The number of aromatic nitrogens is 5. The summed E-state index contributed by atoms with van der Waals surface area (Å²) in [6.07, 6.45) is 8.24. The first-order valence-corrected chi connectivity index (χ1v) is 13.2. The van der Waals surface area contributed by atoms with Gasteiger partial charge in [-0.3, -0.25) is 4.21 Å². The Kier molecular flexibility index (Phi) is 8.95. The van der Waals surface area contributed by atoms with Crippen LogP contribution in [-0.4, -0.2) is 72.6 Å². The van der Waals surface area contributed by atoms with E-state index in [2.05, 4.69) is 29.5 Å². The van der Waals surface area contributed by atoms with Crippen molar-refractivity contribution in [2.75, 3.05) is 20.8 Å². The average molecular weight is 508 g/mol. The zero-order chi connectivity index (χ0) is 24.9. The van der Waals surface area contributed by atoms with E-state index in [1.165, 1.54) is 0 Å². The second-order valence-corrected chi connectivity index (χ2v) is 10.1. The van der Waals surface area contributed by atoms with Crippen LogP contribution >= 0.6 is 0 Å². The van der Waals surface area contributed by atoms with E-state index in [0.717, 1.165) is 43.5 Å². The number of nitrogens with zero attached hydrogens (tertiary/aromatic N) is 5. The molecule has 2 aromatic rings. The molecule has 0 spiro atoms. The van der Waals surface area contributed by atoms with Crippen LogP contribution in [0, 0.1) is 6.92 Å². The third-order valence-corrected chi connectivity index (χ3v) is 7.64. The number of nitrogens with one attached hydrogen (secondary N) is 1. The van der Waals surface area contributed by atoms with Gasteiger partial charge >= 0.3 is 0 Å². The molecule has 35 heavy (non-hydrogen) atoms. The molecule has 1 N–H and O–H groups in total. The molecule has 1 aliphatic carbocycles. The van der Waals surface area contributed by atoms with Gasteiger partial charge in [0.15, 0.2) is 5.82 Å². The summed E-state index contributed by atoms with van der Waals surface area (Å²) in [6.45, 7) is 4.41. The Morgan fingerprint density at radius 2 is 1.86 bits per heavy atom. The molecule has 0 bridgehead atoms. The van der Waals surface area contributed by atoms with E-state index in [1.807, 2.05) is 13.8 Å². The highest BCUT2D eigenvalue weighted by Gasteiger charge is 2.40. The van der Waals surface area contributed by atoms with Gasteiger partial charge in [0.05, 0.1) is 18.2 Å². The molecule has 0 aromatic carbocycles. The summed E-state index contributed by atoms with van der Waals surface area (Å²) in [5.41, 5.74) is 0.928. The van der Waals surface area contributed by atoms with Gasteiger partial charge in [0, 0.05) is 62.9 Å². The summed E-state index contributed by atoms with van der Waals surface area (Å²) >= 11 is -2.43. The number of hydrogen-bond acceptors (Lipinski definition) is 9. The Morgan fingerprint density at radius 1 is 1.17 bits per heavy atom. The fourth-order valence-corrected chi connectivity index (χ4v) is 5.73. The maximum Gasteiger partial charge on any atom is 0.162 e. The van der Waals surface area contributed by atoms with E-state index in [0.29, 0.717) is 24.7 Å². The molecule has 2 aliphatic rings. The fourth-order valence-electron chi connectivity index (χ4n) is 5.27. The van der Waals surface area contributed by atoms with E-state index in [9.17, 15) is 8.76 Å². The van der Waals surface area contributed by atoms with Crippen molar-refractivity contribution in [3.05, 3.63) is 35.4 Å². The molecule has 7 atom stereocenters. The van der Waals surface area contributed by atoms with Crippen molar-refractivity contribution in [1.29, 1.82) is 0 Å². The van der Waals surface area contributed by atoms with Crippen molar-refractivity contribution in [2.45, 2.75) is 88.7 Å². The van der Waals surface area contributed by atoms with E-state index in [4.69, 9.17) is 14.2 Å². The van der Waals surface area contributed by atoms with Crippen molar-refractivity contribution in [3.8, 4) is 0 Å². The summed E-state index contributed by atoms with van der Waals surface area (Å²) < 4.78 is 45.5. The van der Waals surface area contributed by atoms with E-state index < -0.39 is 17.3 Å². The van der Waals surface area contributed by atoms with Crippen molar-refractivity contribution < 1.29 is 23.0 Å². The van der Waals surface area contributed by atoms with Crippen LogP contribution in [0.5, 0.6) is 0 Å². The maximum absolute atomic E-state index is 11.5. The highest BCUT2D eigenvalue weighted by Crippen LogP contribution is 2.38. The Morgan fingerprint density at radius 3 is 2.43 bits per heavy atom. The third-order valence-electron chi connectivity index (χ3n) is 7.07. The summed E-state index contributed by atoms with van der Waals surface area (Å²) in [7, 11) is 3.45. The quantitative estimate of drug-likeness (QED) is 0.479. The first-order valence-electron chi connectivity index (χ1n) is 12.2. The molecule has 2 aromatic heterocycles. The predicted molar refractivity (Wildman–Crippen MR) is 127 cm³/mol. The molecule has 12 heteroatoms. The molecule has 2 fully saturated rings. The number of ether oxygens (including phenoxy) is 3. The van der Waals surface area contributed by atoms with Crippen molar-refractivity contribution >= 4 is 11.3 Å². The van der Waals surface area contributed by atoms with Gasteiger partial charge in [-0.15, -0.1) is 10.2 Å². The van der Waals surface area contributed by atoms with Crippen LogP contribution in [0.4, 0.5) is 0 Å². The Balaban J connectivity index is 1.77. The van der Waals surface area contributed by atoms with Crippen LogP contribution < -0.4 is 4.72 Å². The molecule has 0 amide bonds. The maximum atomic E-state index is 11.5. The molecule has 2 unspecified atom stereocenters. The smallest absolute Gasteiger partial charge is 0.162 e. The second-order valence-electron chi connectivity index (χ2n) is 9.39. The van der Waals surface area contributed by atoms with Crippen molar-refractivity contribution in [2.24, 2.45) is 0 Å². The minimum absolute atomic E-state index is 0.0672.